The van der Waals surface area contributed by atoms with E-state index in [0.29, 0.717) is 50.0 Å². The van der Waals surface area contributed by atoms with Crippen LogP contribution < -0.4 is 9.47 Å². The van der Waals surface area contributed by atoms with Gasteiger partial charge in [0.1, 0.15) is 11.6 Å². The van der Waals surface area contributed by atoms with E-state index >= 15 is 0 Å². The molecule has 2 N–H and O–H groups in total. The Balaban J connectivity index is 1.21. The maximum atomic E-state index is 14.1. The number of carboxylic acid groups (broad SMARTS) is 1. The lowest BCUT2D eigenvalue weighted by Gasteiger charge is -2.47. The Morgan fingerprint density at radius 2 is 1.95 bits per heavy atom. The fourth-order valence-corrected chi connectivity index (χ4v) is 6.31. The van der Waals surface area contributed by atoms with Crippen LogP contribution in [0.4, 0.5) is 8.78 Å². The number of benzene rings is 2. The highest BCUT2D eigenvalue weighted by Crippen LogP contribution is 2.46. The van der Waals surface area contributed by atoms with Crippen molar-refractivity contribution in [1.29, 1.82) is 0 Å². The molecule has 3 atom stereocenters. The van der Waals surface area contributed by atoms with Gasteiger partial charge in [0.05, 0.1) is 31.8 Å². The van der Waals surface area contributed by atoms with Gasteiger partial charge in [-0.05, 0) is 86.4 Å². The first kappa shape index (κ1) is 27.3. The number of nitrogens with zero attached hydrogens (tertiary/aromatic N) is 2. The standard InChI is InChI=1S/C30H34F2N2O5/c1-38-21-4-5-27-24(15-21)22(7-9-33-27)28(35)6-3-17-8-10-34(16-25(17)30(36)37)20-11-18(12-20)23-13-19(31)14-26(32)29(23)39-2/h4-5,7,9,13-15,17-18,20,25,28,35H,3,6,8,10-12,16H2,1-2H3,(H,36,37)/t17-,18?,20?,25+,28+/m1/s1. The summed E-state index contributed by atoms with van der Waals surface area (Å²) in [7, 11) is 2.97. The normalized spacial score (nSPS) is 24.2. The number of halogens is 2. The maximum absolute atomic E-state index is 14.1. The van der Waals surface area contributed by atoms with Crippen molar-refractivity contribution in [2.45, 2.75) is 50.2 Å². The lowest BCUT2D eigenvalue weighted by Crippen LogP contribution is -2.52. The smallest absolute Gasteiger partial charge is 0.308 e. The summed E-state index contributed by atoms with van der Waals surface area (Å²) >= 11 is 0. The summed E-state index contributed by atoms with van der Waals surface area (Å²) in [6, 6.07) is 9.67. The van der Waals surface area contributed by atoms with Gasteiger partial charge in [-0.2, -0.15) is 0 Å². The van der Waals surface area contributed by atoms with Crippen LogP contribution in [0, 0.1) is 23.5 Å². The van der Waals surface area contributed by atoms with Crippen molar-refractivity contribution in [3.8, 4) is 11.5 Å². The first-order chi connectivity index (χ1) is 18.8. The third kappa shape index (κ3) is 5.56. The molecular weight excluding hydrogens is 506 g/mol. The second-order valence-electron chi connectivity index (χ2n) is 10.7. The van der Waals surface area contributed by atoms with Crippen LogP contribution in [0.15, 0.2) is 42.6 Å². The SMILES string of the molecule is COc1ccc2nccc([C@@H](O)CC[C@@H]3CCN(C4CC(c5cc(F)cc(F)c5OC)C4)C[C@@H]3C(=O)O)c2c1. The van der Waals surface area contributed by atoms with Gasteiger partial charge >= 0.3 is 5.97 Å². The molecule has 1 saturated heterocycles. The fourth-order valence-electron chi connectivity index (χ4n) is 6.31. The number of carboxylic acids is 1. The number of methoxy groups -OCH3 is 2. The Morgan fingerprint density at radius 1 is 1.15 bits per heavy atom. The summed E-state index contributed by atoms with van der Waals surface area (Å²) in [5.74, 6) is -2.02. The van der Waals surface area contributed by atoms with E-state index in [-0.39, 0.29) is 23.6 Å². The number of fused-ring (bicyclic) bond motifs is 1. The topological polar surface area (TPSA) is 92.1 Å². The van der Waals surface area contributed by atoms with Gasteiger partial charge in [0.15, 0.2) is 11.6 Å². The third-order valence-corrected chi connectivity index (χ3v) is 8.57. The highest BCUT2D eigenvalue weighted by Gasteiger charge is 2.42. The lowest BCUT2D eigenvalue weighted by atomic mass is 9.72. The van der Waals surface area contributed by atoms with Gasteiger partial charge < -0.3 is 19.7 Å². The summed E-state index contributed by atoms with van der Waals surface area (Å²) in [6.45, 7) is 1.18. The van der Waals surface area contributed by atoms with Gasteiger partial charge in [-0.25, -0.2) is 8.78 Å². The molecule has 208 valence electrons. The van der Waals surface area contributed by atoms with Crippen molar-refractivity contribution in [3.05, 3.63) is 65.4 Å². The zero-order chi connectivity index (χ0) is 27.7. The zero-order valence-electron chi connectivity index (χ0n) is 22.1. The predicted octanol–water partition coefficient (Wildman–Crippen LogP) is 5.31. The molecule has 7 nitrogen and oxygen atoms in total. The van der Waals surface area contributed by atoms with E-state index in [4.69, 9.17) is 9.47 Å². The molecule has 2 heterocycles. The fraction of sp³-hybridized carbons (Fsp3) is 0.467. The monoisotopic (exact) mass is 540 g/mol. The largest absolute Gasteiger partial charge is 0.497 e. The quantitative estimate of drug-likeness (QED) is 0.380. The number of aliphatic hydroxyl groups excluding tert-OH is 1. The molecule has 39 heavy (non-hydrogen) atoms. The molecule has 0 amide bonds. The van der Waals surface area contributed by atoms with Crippen molar-refractivity contribution in [2.75, 3.05) is 27.3 Å². The molecule has 9 heteroatoms. The van der Waals surface area contributed by atoms with Gasteiger partial charge in [0.25, 0.3) is 0 Å². The van der Waals surface area contributed by atoms with E-state index < -0.39 is 29.6 Å². The number of hydrogen-bond donors (Lipinski definition) is 2. The molecule has 0 unspecified atom stereocenters. The summed E-state index contributed by atoms with van der Waals surface area (Å²) in [4.78, 5) is 18.8. The Hall–Kier alpha value is -3.30. The van der Waals surface area contributed by atoms with Crippen molar-refractivity contribution >= 4 is 16.9 Å². The zero-order valence-corrected chi connectivity index (χ0v) is 22.1. The minimum Gasteiger partial charge on any atom is -0.497 e. The number of likely N-dealkylation sites (tertiary alicyclic amines) is 1. The number of aliphatic carboxylic acids is 1. The van der Waals surface area contributed by atoms with Crippen LogP contribution in [0.3, 0.4) is 0 Å². The van der Waals surface area contributed by atoms with Crippen LogP contribution >= 0.6 is 0 Å². The van der Waals surface area contributed by atoms with Crippen molar-refractivity contribution in [3.63, 3.8) is 0 Å². The minimum absolute atomic E-state index is 0.0277. The van der Waals surface area contributed by atoms with E-state index in [0.717, 1.165) is 29.1 Å². The van der Waals surface area contributed by atoms with Crippen LogP contribution in [-0.2, 0) is 4.79 Å². The Bertz CT molecular complexity index is 1350. The van der Waals surface area contributed by atoms with Crippen LogP contribution in [0.5, 0.6) is 11.5 Å². The molecule has 0 radical (unpaired) electrons. The second kappa shape index (κ2) is 11.4. The highest BCUT2D eigenvalue weighted by atomic mass is 19.1. The summed E-state index contributed by atoms with van der Waals surface area (Å²) in [5.41, 5.74) is 2.06. The summed E-state index contributed by atoms with van der Waals surface area (Å²) in [5, 5.41) is 21.9. The number of aromatic nitrogens is 1. The maximum Gasteiger partial charge on any atom is 0.308 e. The van der Waals surface area contributed by atoms with Gasteiger partial charge in [-0.1, -0.05) is 0 Å². The van der Waals surface area contributed by atoms with Crippen molar-refractivity contribution in [1.82, 2.24) is 9.88 Å². The average Bonchev–Trinajstić information content (AvgIpc) is 2.90. The molecule has 2 aliphatic rings. The number of piperidine rings is 1. The van der Waals surface area contributed by atoms with E-state index in [1.807, 2.05) is 18.2 Å². The number of rotatable bonds is 9. The number of carbonyl (C=O) groups is 1. The van der Waals surface area contributed by atoms with Gasteiger partial charge in [-0.15, -0.1) is 0 Å². The first-order valence-corrected chi connectivity index (χ1v) is 13.4. The molecule has 1 saturated carbocycles. The van der Waals surface area contributed by atoms with Gasteiger partial charge in [0.2, 0.25) is 0 Å². The summed E-state index contributed by atoms with van der Waals surface area (Å²) < 4.78 is 38.5. The molecule has 0 spiro atoms. The molecule has 1 aromatic heterocycles. The highest BCUT2D eigenvalue weighted by molar-refractivity contribution is 5.83. The minimum atomic E-state index is -0.831. The van der Waals surface area contributed by atoms with E-state index in [9.17, 15) is 23.8 Å². The molecule has 2 aromatic carbocycles. The number of pyridine rings is 1. The Labute approximate surface area is 226 Å². The number of ether oxygens (including phenoxy) is 2. The lowest BCUT2D eigenvalue weighted by molar-refractivity contribution is -0.147. The van der Waals surface area contributed by atoms with Crippen molar-refractivity contribution in [2.24, 2.45) is 11.8 Å². The van der Waals surface area contributed by atoms with Crippen molar-refractivity contribution < 1.29 is 33.3 Å². The van der Waals surface area contributed by atoms with Crippen LogP contribution in [0.2, 0.25) is 0 Å². The Kier molecular flexibility index (Phi) is 8.00. The van der Waals surface area contributed by atoms with E-state index in [2.05, 4.69) is 9.88 Å². The van der Waals surface area contributed by atoms with Crippen LogP contribution in [-0.4, -0.2) is 59.4 Å². The average molecular weight is 541 g/mol. The van der Waals surface area contributed by atoms with E-state index in [1.54, 1.807) is 19.4 Å². The summed E-state index contributed by atoms with van der Waals surface area (Å²) in [6.07, 6.45) is 4.08. The van der Waals surface area contributed by atoms with E-state index in [1.165, 1.54) is 13.2 Å². The molecule has 2 fully saturated rings. The van der Waals surface area contributed by atoms with Crippen LogP contribution in [0.25, 0.3) is 10.9 Å². The molecule has 1 aliphatic heterocycles. The van der Waals surface area contributed by atoms with Gasteiger partial charge in [-0.3, -0.25) is 14.7 Å². The number of aliphatic hydroxyl groups is 1. The first-order valence-electron chi connectivity index (χ1n) is 13.4. The molecule has 1 aliphatic carbocycles. The molecule has 5 rings (SSSR count). The van der Waals surface area contributed by atoms with Crippen LogP contribution in [0.1, 0.15) is 55.3 Å². The second-order valence-corrected chi connectivity index (χ2v) is 10.7. The van der Waals surface area contributed by atoms with Gasteiger partial charge in [0, 0.05) is 35.8 Å². The molecule has 3 aromatic rings. The molecular formula is C30H34F2N2O5. The third-order valence-electron chi connectivity index (χ3n) is 8.57. The molecule has 0 bridgehead atoms. The number of hydrogen-bond acceptors (Lipinski definition) is 6. The predicted molar refractivity (Wildman–Crippen MR) is 142 cm³/mol. The Morgan fingerprint density at radius 3 is 2.67 bits per heavy atom.